The van der Waals surface area contributed by atoms with Crippen molar-refractivity contribution in [1.82, 2.24) is 14.5 Å². The molecule has 2 aromatic heterocycles. The Hall–Kier alpha value is -2.23. The van der Waals surface area contributed by atoms with Crippen LogP contribution in [0.25, 0.3) is 21.9 Å². The highest BCUT2D eigenvalue weighted by Gasteiger charge is 2.33. The van der Waals surface area contributed by atoms with Crippen LogP contribution in [-0.4, -0.2) is 20.3 Å². The normalized spacial score (nSPS) is 15.2. The topological polar surface area (TPSA) is 47.8 Å². The van der Waals surface area contributed by atoms with E-state index in [0.29, 0.717) is 5.82 Å². The highest BCUT2D eigenvalue weighted by molar-refractivity contribution is 6.06. The van der Waals surface area contributed by atoms with Crippen molar-refractivity contribution in [2.75, 3.05) is 0 Å². The number of imidazole rings is 1. The Morgan fingerprint density at radius 3 is 2.84 bits per heavy atom. The molecule has 4 heteroatoms. The SMILES string of the molecule is Cn1c(C(=O)C2CC2)nc2cnc3ccccc3c21. The van der Waals surface area contributed by atoms with Gasteiger partial charge in [-0.05, 0) is 18.9 Å². The molecule has 0 unspecified atom stereocenters. The summed E-state index contributed by atoms with van der Waals surface area (Å²) < 4.78 is 1.92. The van der Waals surface area contributed by atoms with E-state index in [9.17, 15) is 4.79 Å². The molecule has 0 saturated heterocycles. The third-order valence-electron chi connectivity index (χ3n) is 3.78. The third-order valence-corrected chi connectivity index (χ3v) is 3.78. The number of nitrogens with zero attached hydrogens (tertiary/aromatic N) is 3. The van der Waals surface area contributed by atoms with Gasteiger partial charge in [0.25, 0.3) is 0 Å². The minimum Gasteiger partial charge on any atom is -0.324 e. The molecule has 0 spiro atoms. The highest BCUT2D eigenvalue weighted by Crippen LogP contribution is 2.33. The Kier molecular flexibility index (Phi) is 2.04. The molecule has 4 rings (SSSR count). The van der Waals surface area contributed by atoms with Crippen LogP contribution in [0.15, 0.2) is 30.5 Å². The molecule has 0 aliphatic heterocycles. The lowest BCUT2D eigenvalue weighted by Crippen LogP contribution is -2.09. The summed E-state index contributed by atoms with van der Waals surface area (Å²) in [6, 6.07) is 7.95. The number of carbonyl (C=O) groups excluding carboxylic acids is 1. The zero-order valence-electron chi connectivity index (χ0n) is 10.6. The average Bonchev–Trinajstić information content (AvgIpc) is 3.22. The van der Waals surface area contributed by atoms with E-state index in [1.54, 1.807) is 6.20 Å². The fourth-order valence-electron chi connectivity index (χ4n) is 2.59. The van der Waals surface area contributed by atoms with E-state index in [1.807, 2.05) is 35.9 Å². The van der Waals surface area contributed by atoms with Crippen molar-refractivity contribution in [3.8, 4) is 0 Å². The second kappa shape index (κ2) is 3.63. The van der Waals surface area contributed by atoms with Gasteiger partial charge in [-0.1, -0.05) is 18.2 Å². The largest absolute Gasteiger partial charge is 0.324 e. The van der Waals surface area contributed by atoms with Crippen molar-refractivity contribution >= 4 is 27.7 Å². The van der Waals surface area contributed by atoms with Crippen LogP contribution in [0.1, 0.15) is 23.5 Å². The number of carbonyl (C=O) groups is 1. The predicted molar refractivity (Wildman–Crippen MR) is 73.1 cm³/mol. The molecular formula is C15H13N3O. The zero-order chi connectivity index (χ0) is 13.0. The molecule has 0 N–H and O–H groups in total. The molecule has 94 valence electrons. The van der Waals surface area contributed by atoms with Gasteiger partial charge in [-0.15, -0.1) is 0 Å². The number of Topliss-reactive ketones (excluding diaryl/α,β-unsaturated/α-hetero) is 1. The van der Waals surface area contributed by atoms with Crippen molar-refractivity contribution in [1.29, 1.82) is 0 Å². The number of aryl methyl sites for hydroxylation is 1. The summed E-state index contributed by atoms with van der Waals surface area (Å²) in [5, 5.41) is 1.05. The lowest BCUT2D eigenvalue weighted by Gasteiger charge is -2.02. The monoisotopic (exact) mass is 251 g/mol. The Labute approximate surface area is 110 Å². The molecule has 3 aromatic rings. The molecule has 19 heavy (non-hydrogen) atoms. The molecular weight excluding hydrogens is 238 g/mol. The molecule has 1 aromatic carbocycles. The molecule has 1 saturated carbocycles. The molecule has 0 atom stereocenters. The predicted octanol–water partition coefficient (Wildman–Crippen LogP) is 2.71. The lowest BCUT2D eigenvalue weighted by atomic mass is 10.2. The number of benzene rings is 1. The molecule has 1 aliphatic carbocycles. The van der Waals surface area contributed by atoms with E-state index in [0.717, 1.165) is 34.8 Å². The number of ketones is 1. The number of hydrogen-bond acceptors (Lipinski definition) is 3. The third kappa shape index (κ3) is 1.49. The van der Waals surface area contributed by atoms with Crippen LogP contribution in [-0.2, 0) is 7.05 Å². The summed E-state index contributed by atoms with van der Waals surface area (Å²) in [6.07, 6.45) is 3.75. The number of rotatable bonds is 2. The van der Waals surface area contributed by atoms with E-state index in [4.69, 9.17) is 0 Å². The van der Waals surface area contributed by atoms with Crippen LogP contribution in [0.5, 0.6) is 0 Å². The standard InChI is InChI=1S/C15H13N3O/c1-18-13-10-4-2-3-5-11(10)16-8-12(13)17-15(18)14(19)9-6-7-9/h2-5,8-9H,6-7H2,1H3. The Morgan fingerprint density at radius 1 is 1.26 bits per heavy atom. The van der Waals surface area contributed by atoms with Crippen molar-refractivity contribution in [2.24, 2.45) is 13.0 Å². The minimum atomic E-state index is 0.169. The number of fused-ring (bicyclic) bond motifs is 3. The van der Waals surface area contributed by atoms with Crippen LogP contribution < -0.4 is 0 Å². The second-order valence-electron chi connectivity index (χ2n) is 5.14. The summed E-state index contributed by atoms with van der Waals surface area (Å²) in [4.78, 5) is 21.1. The van der Waals surface area contributed by atoms with E-state index >= 15 is 0 Å². The Balaban J connectivity index is 2.05. The van der Waals surface area contributed by atoms with Crippen molar-refractivity contribution in [3.63, 3.8) is 0 Å². The van der Waals surface area contributed by atoms with Gasteiger partial charge < -0.3 is 4.57 Å². The molecule has 0 amide bonds. The maximum absolute atomic E-state index is 12.2. The first-order valence-electron chi connectivity index (χ1n) is 6.50. The number of pyridine rings is 1. The quantitative estimate of drug-likeness (QED) is 0.658. The summed E-state index contributed by atoms with van der Waals surface area (Å²) in [5.74, 6) is 0.924. The van der Waals surface area contributed by atoms with E-state index in [2.05, 4.69) is 9.97 Å². The van der Waals surface area contributed by atoms with Crippen molar-refractivity contribution in [3.05, 3.63) is 36.3 Å². The van der Waals surface area contributed by atoms with Crippen LogP contribution in [0.2, 0.25) is 0 Å². The summed E-state index contributed by atoms with van der Waals surface area (Å²) in [5.41, 5.74) is 2.73. The van der Waals surface area contributed by atoms with Gasteiger partial charge in [-0.25, -0.2) is 4.98 Å². The minimum absolute atomic E-state index is 0.169. The Morgan fingerprint density at radius 2 is 2.05 bits per heavy atom. The first-order valence-corrected chi connectivity index (χ1v) is 6.50. The average molecular weight is 251 g/mol. The van der Waals surface area contributed by atoms with E-state index in [-0.39, 0.29) is 11.7 Å². The molecule has 4 nitrogen and oxygen atoms in total. The van der Waals surface area contributed by atoms with E-state index < -0.39 is 0 Å². The molecule has 1 fully saturated rings. The van der Waals surface area contributed by atoms with Gasteiger partial charge in [0.05, 0.1) is 17.2 Å². The fraction of sp³-hybridized carbons (Fsp3) is 0.267. The van der Waals surface area contributed by atoms with Gasteiger partial charge in [0.1, 0.15) is 5.52 Å². The van der Waals surface area contributed by atoms with E-state index in [1.165, 1.54) is 0 Å². The molecule has 0 radical (unpaired) electrons. The van der Waals surface area contributed by atoms with Crippen LogP contribution in [0.3, 0.4) is 0 Å². The van der Waals surface area contributed by atoms with Gasteiger partial charge in [0, 0.05) is 18.4 Å². The number of hydrogen-bond donors (Lipinski definition) is 0. The summed E-state index contributed by atoms with van der Waals surface area (Å²) in [6.45, 7) is 0. The maximum atomic E-state index is 12.2. The maximum Gasteiger partial charge on any atom is 0.201 e. The van der Waals surface area contributed by atoms with Gasteiger partial charge in [-0.2, -0.15) is 0 Å². The fourth-order valence-corrected chi connectivity index (χ4v) is 2.59. The first kappa shape index (κ1) is 10.7. The van der Waals surface area contributed by atoms with Gasteiger partial charge >= 0.3 is 0 Å². The van der Waals surface area contributed by atoms with Crippen molar-refractivity contribution < 1.29 is 4.79 Å². The van der Waals surface area contributed by atoms with Crippen LogP contribution in [0.4, 0.5) is 0 Å². The zero-order valence-corrected chi connectivity index (χ0v) is 10.6. The smallest absolute Gasteiger partial charge is 0.201 e. The number of para-hydroxylation sites is 1. The highest BCUT2D eigenvalue weighted by atomic mass is 16.1. The lowest BCUT2D eigenvalue weighted by molar-refractivity contribution is 0.0955. The molecule has 1 aliphatic rings. The van der Waals surface area contributed by atoms with Gasteiger partial charge in [0.15, 0.2) is 5.82 Å². The first-order chi connectivity index (χ1) is 9.25. The summed E-state index contributed by atoms with van der Waals surface area (Å²) in [7, 11) is 1.91. The molecule has 0 bridgehead atoms. The van der Waals surface area contributed by atoms with Crippen LogP contribution >= 0.6 is 0 Å². The molecule has 2 heterocycles. The summed E-state index contributed by atoms with van der Waals surface area (Å²) >= 11 is 0. The van der Waals surface area contributed by atoms with Crippen molar-refractivity contribution in [2.45, 2.75) is 12.8 Å². The second-order valence-corrected chi connectivity index (χ2v) is 5.14. The van der Waals surface area contributed by atoms with Gasteiger partial charge in [0.2, 0.25) is 5.78 Å². The van der Waals surface area contributed by atoms with Crippen LogP contribution in [0, 0.1) is 5.92 Å². The Bertz CT molecular complexity index is 815. The number of aromatic nitrogens is 3. The van der Waals surface area contributed by atoms with Gasteiger partial charge in [-0.3, -0.25) is 9.78 Å².